The number of hydrogen-bond donors (Lipinski definition) is 3. The maximum Gasteiger partial charge on any atom is 0.472 e. The maximum absolute atomic E-state index is 13.1. The summed E-state index contributed by atoms with van der Waals surface area (Å²) in [5.74, 6) is -0.431. The van der Waals surface area contributed by atoms with Gasteiger partial charge in [0, 0.05) is 25.7 Å². The lowest BCUT2D eigenvalue weighted by Gasteiger charge is -2.21. The maximum atomic E-state index is 13.1. The molecule has 0 aliphatic carbocycles. The van der Waals surface area contributed by atoms with Crippen LogP contribution in [-0.4, -0.2) is 96.7 Å². The third-order valence-electron chi connectivity index (χ3n) is 19.2. The molecule has 0 aliphatic rings. The van der Waals surface area contributed by atoms with E-state index < -0.39 is 97.5 Å². The van der Waals surface area contributed by atoms with Gasteiger partial charge in [0.2, 0.25) is 0 Å². The van der Waals surface area contributed by atoms with E-state index in [4.69, 9.17) is 37.0 Å². The molecule has 0 fully saturated rings. The fourth-order valence-corrected chi connectivity index (χ4v) is 13.7. The van der Waals surface area contributed by atoms with Crippen molar-refractivity contribution in [3.63, 3.8) is 0 Å². The van der Waals surface area contributed by atoms with Crippen LogP contribution in [0.3, 0.4) is 0 Å². The van der Waals surface area contributed by atoms with Crippen molar-refractivity contribution in [1.82, 2.24) is 0 Å². The molecule has 0 saturated heterocycles. The predicted molar refractivity (Wildman–Crippen MR) is 400 cm³/mol. The van der Waals surface area contributed by atoms with Crippen molar-refractivity contribution < 1.29 is 80.2 Å². The molecule has 19 heteroatoms. The highest BCUT2D eigenvalue weighted by Crippen LogP contribution is 2.45. The standard InChI is InChI=1S/C79H154O17P2/c1-7-11-13-15-17-19-20-27-31-39-45-51-57-63-78(83)95-74(67-89-76(81)61-55-49-43-35-18-16-14-12-8-2)69-93-97(85,86)91-65-73(80)66-92-98(87,88)94-70-75(68-90-77(82)62-56-50-44-38-34-33-37-42-48-54-60-72(6)10-4)96-79(84)64-58-52-46-40-32-29-26-24-22-21-23-25-28-30-36-41-47-53-59-71(5)9-3/h71-75,80H,7-70H2,1-6H3,(H,85,86)(H,87,88)/t71?,72?,73-,74+,75+/m0/s1. The Morgan fingerprint density at radius 2 is 0.490 bits per heavy atom. The molecular formula is C79H154O17P2. The molecule has 0 aromatic rings. The van der Waals surface area contributed by atoms with Gasteiger partial charge in [-0.15, -0.1) is 0 Å². The Morgan fingerprint density at radius 3 is 0.724 bits per heavy atom. The molecule has 0 bridgehead atoms. The Bertz CT molecular complexity index is 1890. The van der Waals surface area contributed by atoms with Crippen molar-refractivity contribution in [3.05, 3.63) is 0 Å². The number of hydrogen-bond acceptors (Lipinski definition) is 15. The molecule has 0 aromatic heterocycles. The van der Waals surface area contributed by atoms with Crippen molar-refractivity contribution in [2.45, 2.75) is 432 Å². The largest absolute Gasteiger partial charge is 0.472 e. The molecule has 0 heterocycles. The molecule has 0 aliphatic heterocycles. The second-order valence-electron chi connectivity index (χ2n) is 28.9. The SMILES string of the molecule is CCCCCCCCCCCCCCCC(=O)O[C@H](COC(=O)CCCCCCCCCCC)COP(=O)(O)OC[C@H](O)COP(=O)(O)OC[C@@H](COC(=O)CCCCCCCCCCCCC(C)CC)OC(=O)CCCCCCCCCCCCCCCCCCCCC(C)CC. The molecule has 0 spiro atoms. The van der Waals surface area contributed by atoms with E-state index in [2.05, 4.69) is 41.5 Å². The fourth-order valence-electron chi connectivity index (χ4n) is 12.1. The van der Waals surface area contributed by atoms with E-state index in [1.54, 1.807) is 0 Å². The van der Waals surface area contributed by atoms with Crippen LogP contribution < -0.4 is 0 Å². The molecule has 0 amide bonds. The van der Waals surface area contributed by atoms with Crippen LogP contribution in [0.15, 0.2) is 0 Å². The Labute approximate surface area is 600 Å². The number of ether oxygens (including phenoxy) is 4. The lowest BCUT2D eigenvalue weighted by molar-refractivity contribution is -0.161. The van der Waals surface area contributed by atoms with E-state index in [1.165, 1.54) is 231 Å². The number of unbranched alkanes of at least 4 members (excludes halogenated alkanes) is 46. The van der Waals surface area contributed by atoms with Crippen molar-refractivity contribution in [2.24, 2.45) is 11.8 Å². The van der Waals surface area contributed by atoms with Gasteiger partial charge in [-0.3, -0.25) is 37.3 Å². The van der Waals surface area contributed by atoms with Gasteiger partial charge in [0.25, 0.3) is 0 Å². The third kappa shape index (κ3) is 69.8. The first-order chi connectivity index (χ1) is 47.4. The highest BCUT2D eigenvalue weighted by atomic mass is 31.2. The summed E-state index contributed by atoms with van der Waals surface area (Å²) in [5, 5.41) is 10.6. The Kier molecular flexibility index (Phi) is 69.3. The van der Waals surface area contributed by atoms with Crippen LogP contribution >= 0.6 is 15.6 Å². The van der Waals surface area contributed by atoms with Gasteiger partial charge in [-0.1, -0.05) is 363 Å². The van der Waals surface area contributed by atoms with Crippen molar-refractivity contribution in [2.75, 3.05) is 39.6 Å². The molecule has 0 radical (unpaired) electrons. The zero-order chi connectivity index (χ0) is 72.1. The molecule has 0 rings (SSSR count). The lowest BCUT2D eigenvalue weighted by atomic mass is 9.99. The van der Waals surface area contributed by atoms with E-state index in [-0.39, 0.29) is 25.7 Å². The molecule has 0 aromatic carbocycles. The van der Waals surface area contributed by atoms with Gasteiger partial charge in [-0.05, 0) is 37.5 Å². The number of carbonyl (C=O) groups is 4. The minimum Gasteiger partial charge on any atom is -0.462 e. The fraction of sp³-hybridized carbons (Fsp3) is 0.949. The summed E-state index contributed by atoms with van der Waals surface area (Å²) in [5.41, 5.74) is 0. The second-order valence-corrected chi connectivity index (χ2v) is 31.8. The van der Waals surface area contributed by atoms with Crippen LogP contribution in [-0.2, 0) is 65.4 Å². The van der Waals surface area contributed by atoms with Gasteiger partial charge in [0.15, 0.2) is 12.2 Å². The number of phosphoric acid groups is 2. The summed E-state index contributed by atoms with van der Waals surface area (Å²) in [4.78, 5) is 72.9. The van der Waals surface area contributed by atoms with Gasteiger partial charge in [-0.2, -0.15) is 0 Å². The third-order valence-corrected chi connectivity index (χ3v) is 21.1. The molecular weight excluding hydrogens is 1280 g/mol. The minimum absolute atomic E-state index is 0.108. The molecule has 4 unspecified atom stereocenters. The van der Waals surface area contributed by atoms with Gasteiger partial charge in [0.1, 0.15) is 19.3 Å². The first-order valence-electron chi connectivity index (χ1n) is 41.1. The average molecular weight is 1440 g/mol. The van der Waals surface area contributed by atoms with Crippen molar-refractivity contribution in [1.29, 1.82) is 0 Å². The number of aliphatic hydroxyl groups excluding tert-OH is 1. The summed E-state index contributed by atoms with van der Waals surface area (Å²) >= 11 is 0. The van der Waals surface area contributed by atoms with Gasteiger partial charge < -0.3 is 33.8 Å². The number of carbonyl (C=O) groups excluding carboxylic acids is 4. The average Bonchev–Trinajstić information content (AvgIpc) is 1.11. The highest BCUT2D eigenvalue weighted by molar-refractivity contribution is 7.47. The molecule has 0 saturated carbocycles. The Balaban J connectivity index is 5.19. The Hall–Kier alpha value is -1.94. The molecule has 3 N–H and O–H groups in total. The first-order valence-corrected chi connectivity index (χ1v) is 44.1. The van der Waals surface area contributed by atoms with Gasteiger partial charge >= 0.3 is 39.5 Å². The summed E-state index contributed by atoms with van der Waals surface area (Å²) in [7, 11) is -9.91. The van der Waals surface area contributed by atoms with Gasteiger partial charge in [-0.25, -0.2) is 9.13 Å². The van der Waals surface area contributed by atoms with E-state index >= 15 is 0 Å². The molecule has 7 atom stereocenters. The smallest absolute Gasteiger partial charge is 0.462 e. The number of aliphatic hydroxyl groups is 1. The van der Waals surface area contributed by atoms with Crippen LogP contribution in [0.5, 0.6) is 0 Å². The summed E-state index contributed by atoms with van der Waals surface area (Å²) in [6, 6.07) is 0. The quantitative estimate of drug-likeness (QED) is 0.0222. The second kappa shape index (κ2) is 70.7. The number of esters is 4. The van der Waals surface area contributed by atoms with Crippen molar-refractivity contribution in [3.8, 4) is 0 Å². The molecule has 582 valence electrons. The highest BCUT2D eigenvalue weighted by Gasteiger charge is 2.30. The van der Waals surface area contributed by atoms with E-state index in [0.29, 0.717) is 25.7 Å². The Morgan fingerprint density at radius 1 is 0.286 bits per heavy atom. The number of rotatable bonds is 78. The van der Waals surface area contributed by atoms with Crippen LogP contribution in [0.4, 0.5) is 0 Å². The van der Waals surface area contributed by atoms with Crippen LogP contribution in [0.2, 0.25) is 0 Å². The topological polar surface area (TPSA) is 237 Å². The number of phosphoric ester groups is 2. The summed E-state index contributed by atoms with van der Waals surface area (Å²) in [6.45, 7) is 9.70. The first kappa shape index (κ1) is 96.1. The monoisotopic (exact) mass is 1440 g/mol. The van der Waals surface area contributed by atoms with Crippen LogP contribution in [0, 0.1) is 11.8 Å². The lowest BCUT2D eigenvalue weighted by Crippen LogP contribution is -2.30. The van der Waals surface area contributed by atoms with Gasteiger partial charge in [0.05, 0.1) is 26.4 Å². The zero-order valence-corrected chi connectivity index (χ0v) is 65.9. The zero-order valence-electron chi connectivity index (χ0n) is 64.1. The van der Waals surface area contributed by atoms with Crippen molar-refractivity contribution >= 4 is 39.5 Å². The van der Waals surface area contributed by atoms with E-state index in [9.17, 15) is 43.2 Å². The van der Waals surface area contributed by atoms with E-state index in [0.717, 1.165) is 102 Å². The van der Waals surface area contributed by atoms with E-state index in [1.807, 2.05) is 0 Å². The molecule has 98 heavy (non-hydrogen) atoms. The summed E-state index contributed by atoms with van der Waals surface area (Å²) in [6.07, 6.45) is 59.5. The predicted octanol–water partition coefficient (Wildman–Crippen LogP) is 23.5. The molecule has 17 nitrogen and oxygen atoms in total. The normalized spacial score (nSPS) is 14.5. The minimum atomic E-state index is -4.96. The summed E-state index contributed by atoms with van der Waals surface area (Å²) < 4.78 is 68.6. The van der Waals surface area contributed by atoms with Crippen LogP contribution in [0.25, 0.3) is 0 Å². The van der Waals surface area contributed by atoms with Crippen LogP contribution in [0.1, 0.15) is 414 Å².